The third-order valence-electron chi connectivity index (χ3n) is 3.23. The molecule has 1 saturated heterocycles. The van der Waals surface area contributed by atoms with Gasteiger partial charge in [-0.1, -0.05) is 11.2 Å². The lowest BCUT2D eigenvalue weighted by atomic mass is 10.1. The van der Waals surface area contributed by atoms with Crippen molar-refractivity contribution in [2.24, 2.45) is 0 Å². The van der Waals surface area contributed by atoms with E-state index in [1.165, 1.54) is 12.8 Å². The number of pyridine rings is 1. The number of nitrogens with zero attached hydrogens (tertiary/aromatic N) is 3. The van der Waals surface area contributed by atoms with E-state index in [0.29, 0.717) is 11.9 Å². The summed E-state index contributed by atoms with van der Waals surface area (Å²) in [5.41, 5.74) is 0.732. The van der Waals surface area contributed by atoms with E-state index in [1.54, 1.807) is 6.20 Å². The fraction of sp³-hybridized carbons (Fsp3) is 0.462. The first-order valence-corrected chi connectivity index (χ1v) is 6.39. The van der Waals surface area contributed by atoms with Gasteiger partial charge in [-0.3, -0.25) is 4.98 Å². The predicted molar refractivity (Wildman–Crippen MR) is 66.9 cm³/mol. The Morgan fingerprint density at radius 1 is 1.39 bits per heavy atom. The van der Waals surface area contributed by atoms with E-state index >= 15 is 0 Å². The van der Waals surface area contributed by atoms with Gasteiger partial charge in [0.1, 0.15) is 5.69 Å². The maximum atomic E-state index is 5.22. The van der Waals surface area contributed by atoms with Gasteiger partial charge in [-0.2, -0.15) is 4.98 Å². The molecule has 1 unspecified atom stereocenters. The molecule has 94 valence electrons. The van der Waals surface area contributed by atoms with Gasteiger partial charge in [-0.15, -0.1) is 0 Å². The van der Waals surface area contributed by atoms with Crippen LogP contribution in [0.25, 0.3) is 11.6 Å². The van der Waals surface area contributed by atoms with Gasteiger partial charge in [0.2, 0.25) is 0 Å². The van der Waals surface area contributed by atoms with Crippen LogP contribution in [0.2, 0.25) is 0 Å². The lowest BCUT2D eigenvalue weighted by molar-refractivity contribution is 0.418. The number of hydrogen-bond donors (Lipinski definition) is 1. The van der Waals surface area contributed by atoms with Gasteiger partial charge in [0.05, 0.1) is 0 Å². The Kier molecular flexibility index (Phi) is 3.32. The Morgan fingerprint density at radius 2 is 2.39 bits per heavy atom. The van der Waals surface area contributed by atoms with Gasteiger partial charge >= 0.3 is 0 Å². The Labute approximate surface area is 106 Å². The molecule has 0 radical (unpaired) electrons. The summed E-state index contributed by atoms with van der Waals surface area (Å²) < 4.78 is 5.22. The normalized spacial score (nSPS) is 19.2. The topological polar surface area (TPSA) is 63.8 Å². The maximum Gasteiger partial charge on any atom is 0.276 e. The molecule has 0 bridgehead atoms. The highest BCUT2D eigenvalue weighted by molar-refractivity contribution is 5.45. The minimum atomic E-state index is 0.505. The first-order chi connectivity index (χ1) is 8.92. The Bertz CT molecular complexity index is 491. The van der Waals surface area contributed by atoms with E-state index in [-0.39, 0.29) is 0 Å². The highest BCUT2D eigenvalue weighted by Crippen LogP contribution is 2.15. The van der Waals surface area contributed by atoms with E-state index < -0.39 is 0 Å². The first-order valence-electron chi connectivity index (χ1n) is 6.39. The van der Waals surface area contributed by atoms with Crippen LogP contribution in [-0.4, -0.2) is 27.7 Å². The molecule has 0 aromatic carbocycles. The van der Waals surface area contributed by atoms with Crippen molar-refractivity contribution in [3.63, 3.8) is 0 Å². The van der Waals surface area contributed by atoms with Crippen molar-refractivity contribution in [1.29, 1.82) is 0 Å². The van der Waals surface area contributed by atoms with Crippen molar-refractivity contribution in [2.75, 3.05) is 6.54 Å². The summed E-state index contributed by atoms with van der Waals surface area (Å²) >= 11 is 0. The molecule has 2 aromatic heterocycles. The third-order valence-corrected chi connectivity index (χ3v) is 3.23. The molecule has 18 heavy (non-hydrogen) atoms. The molecule has 1 N–H and O–H groups in total. The zero-order valence-electron chi connectivity index (χ0n) is 10.2. The number of aryl methyl sites for hydroxylation is 1. The van der Waals surface area contributed by atoms with Crippen LogP contribution in [0.3, 0.4) is 0 Å². The van der Waals surface area contributed by atoms with Crippen molar-refractivity contribution >= 4 is 0 Å². The molecule has 2 aromatic rings. The van der Waals surface area contributed by atoms with E-state index in [1.807, 2.05) is 18.2 Å². The average molecular weight is 244 g/mol. The summed E-state index contributed by atoms with van der Waals surface area (Å²) in [6, 6.07) is 6.26. The Morgan fingerprint density at radius 3 is 3.17 bits per heavy atom. The van der Waals surface area contributed by atoms with Crippen molar-refractivity contribution in [1.82, 2.24) is 20.4 Å². The van der Waals surface area contributed by atoms with Crippen LogP contribution >= 0.6 is 0 Å². The standard InChI is InChI=1S/C13H16N4O/c1-2-8-15-11(5-1)13-16-12(17-18-13)7-6-10-4-3-9-14-10/h1-2,5,8,10,14H,3-4,6-7,9H2. The van der Waals surface area contributed by atoms with E-state index in [9.17, 15) is 0 Å². The lowest BCUT2D eigenvalue weighted by Gasteiger charge is -2.06. The summed E-state index contributed by atoms with van der Waals surface area (Å²) in [7, 11) is 0. The molecule has 1 fully saturated rings. The summed E-state index contributed by atoms with van der Waals surface area (Å²) in [6.07, 6.45) is 6.18. The van der Waals surface area contributed by atoms with Crippen LogP contribution < -0.4 is 5.32 Å². The maximum absolute atomic E-state index is 5.22. The zero-order chi connectivity index (χ0) is 12.2. The number of nitrogens with one attached hydrogen (secondary N) is 1. The molecule has 5 nitrogen and oxygen atoms in total. The van der Waals surface area contributed by atoms with E-state index in [2.05, 4.69) is 20.4 Å². The summed E-state index contributed by atoms with van der Waals surface area (Å²) in [5, 5.41) is 7.47. The Hall–Kier alpha value is -1.75. The number of aromatic nitrogens is 3. The molecule has 1 aliphatic heterocycles. The Balaban J connectivity index is 1.63. The van der Waals surface area contributed by atoms with Crippen LogP contribution in [-0.2, 0) is 6.42 Å². The van der Waals surface area contributed by atoms with Gasteiger partial charge in [0.15, 0.2) is 5.82 Å². The number of hydrogen-bond acceptors (Lipinski definition) is 5. The summed E-state index contributed by atoms with van der Waals surface area (Å²) in [6.45, 7) is 1.14. The highest BCUT2D eigenvalue weighted by atomic mass is 16.5. The minimum absolute atomic E-state index is 0.505. The molecule has 0 amide bonds. The van der Waals surface area contributed by atoms with Crippen molar-refractivity contribution in [2.45, 2.75) is 31.7 Å². The molecule has 1 aliphatic rings. The smallest absolute Gasteiger partial charge is 0.276 e. The minimum Gasteiger partial charge on any atom is -0.332 e. The fourth-order valence-electron chi connectivity index (χ4n) is 2.26. The second-order valence-corrected chi connectivity index (χ2v) is 4.56. The zero-order valence-corrected chi connectivity index (χ0v) is 10.2. The van der Waals surface area contributed by atoms with Gasteiger partial charge in [0.25, 0.3) is 5.89 Å². The molecule has 1 atom stereocenters. The van der Waals surface area contributed by atoms with Crippen LogP contribution in [0.15, 0.2) is 28.9 Å². The summed E-state index contributed by atoms with van der Waals surface area (Å²) in [4.78, 5) is 8.56. The third kappa shape index (κ3) is 2.56. The van der Waals surface area contributed by atoms with Crippen LogP contribution in [0.4, 0.5) is 0 Å². The quantitative estimate of drug-likeness (QED) is 0.888. The van der Waals surface area contributed by atoms with Gasteiger partial charge in [0, 0.05) is 18.7 Å². The van der Waals surface area contributed by atoms with E-state index in [0.717, 1.165) is 30.9 Å². The van der Waals surface area contributed by atoms with Crippen molar-refractivity contribution in [3.05, 3.63) is 30.2 Å². The number of rotatable bonds is 4. The largest absolute Gasteiger partial charge is 0.332 e. The molecule has 0 aliphatic carbocycles. The van der Waals surface area contributed by atoms with Crippen LogP contribution in [0.5, 0.6) is 0 Å². The molecular formula is C13H16N4O. The summed E-state index contributed by atoms with van der Waals surface area (Å²) in [5.74, 6) is 1.27. The second kappa shape index (κ2) is 5.27. The van der Waals surface area contributed by atoms with Gasteiger partial charge in [-0.25, -0.2) is 0 Å². The average Bonchev–Trinajstić information content (AvgIpc) is 3.09. The fourth-order valence-corrected chi connectivity index (χ4v) is 2.26. The molecule has 3 rings (SSSR count). The van der Waals surface area contributed by atoms with E-state index in [4.69, 9.17) is 4.52 Å². The second-order valence-electron chi connectivity index (χ2n) is 4.56. The van der Waals surface area contributed by atoms with Crippen molar-refractivity contribution in [3.8, 4) is 11.6 Å². The lowest BCUT2D eigenvalue weighted by Crippen LogP contribution is -2.21. The molecular weight excluding hydrogens is 228 g/mol. The first kappa shape index (κ1) is 11.3. The SMILES string of the molecule is c1ccc(-c2nc(CCC3CCCN3)no2)nc1. The molecule has 5 heteroatoms. The molecule has 3 heterocycles. The molecule has 0 saturated carbocycles. The predicted octanol–water partition coefficient (Wildman–Crippen LogP) is 1.82. The van der Waals surface area contributed by atoms with Crippen LogP contribution in [0, 0.1) is 0 Å². The van der Waals surface area contributed by atoms with Gasteiger partial charge < -0.3 is 9.84 Å². The highest BCUT2D eigenvalue weighted by Gasteiger charge is 2.16. The van der Waals surface area contributed by atoms with Gasteiger partial charge in [-0.05, 0) is 37.9 Å². The van der Waals surface area contributed by atoms with Crippen molar-refractivity contribution < 1.29 is 4.52 Å². The molecule has 0 spiro atoms. The van der Waals surface area contributed by atoms with Crippen LogP contribution in [0.1, 0.15) is 25.1 Å². The monoisotopic (exact) mass is 244 g/mol.